The van der Waals surface area contributed by atoms with Gasteiger partial charge in [-0.1, -0.05) is 13.3 Å². The van der Waals surface area contributed by atoms with Gasteiger partial charge >= 0.3 is 5.97 Å². The van der Waals surface area contributed by atoms with E-state index in [4.69, 9.17) is 5.11 Å². The number of rotatable bonds is 6. The quantitative estimate of drug-likeness (QED) is 0.748. The average Bonchev–Trinajstić information content (AvgIpc) is 2.75. The minimum atomic E-state index is -0.882. The molecule has 1 N–H and O–H groups in total. The van der Waals surface area contributed by atoms with Crippen LogP contribution in [0.2, 0.25) is 0 Å². The molecular weight excluding hydrogens is 220 g/mol. The number of carbonyl (C=O) groups is 2. The first-order valence-corrected chi connectivity index (χ1v) is 6.27. The van der Waals surface area contributed by atoms with Crippen LogP contribution < -0.4 is 0 Å². The first-order valence-electron chi connectivity index (χ1n) is 6.27. The summed E-state index contributed by atoms with van der Waals surface area (Å²) in [6.45, 7) is 3.89. The van der Waals surface area contributed by atoms with Crippen molar-refractivity contribution < 1.29 is 14.7 Å². The van der Waals surface area contributed by atoms with Crippen LogP contribution in [-0.4, -0.2) is 59.5 Å². The van der Waals surface area contributed by atoms with Gasteiger partial charge in [-0.15, -0.1) is 0 Å². The lowest BCUT2D eigenvalue weighted by molar-refractivity contribution is -0.148. The number of carboxylic acids is 1. The fourth-order valence-electron chi connectivity index (χ4n) is 2.15. The number of likely N-dealkylation sites (tertiary alicyclic amines) is 1. The molecule has 1 atom stereocenters. The summed E-state index contributed by atoms with van der Waals surface area (Å²) < 4.78 is 0. The molecule has 1 rings (SSSR count). The second kappa shape index (κ2) is 6.59. The Morgan fingerprint density at radius 1 is 1.47 bits per heavy atom. The highest BCUT2D eigenvalue weighted by molar-refractivity contribution is 5.85. The monoisotopic (exact) mass is 242 g/mol. The Hall–Kier alpha value is -1.10. The van der Waals surface area contributed by atoms with Crippen molar-refractivity contribution in [3.63, 3.8) is 0 Å². The van der Waals surface area contributed by atoms with Crippen LogP contribution in [0.15, 0.2) is 0 Å². The standard InChI is InChI=1S/C12H22N2O3/c1-3-4-7-13(2)9-11(15)14-8-5-6-10(14)12(16)17/h10H,3-9H2,1-2H3,(H,16,17). The molecule has 98 valence electrons. The highest BCUT2D eigenvalue weighted by Gasteiger charge is 2.33. The maximum Gasteiger partial charge on any atom is 0.326 e. The molecule has 17 heavy (non-hydrogen) atoms. The summed E-state index contributed by atoms with van der Waals surface area (Å²) in [4.78, 5) is 26.4. The van der Waals surface area contributed by atoms with Crippen LogP contribution in [0.3, 0.4) is 0 Å². The molecule has 0 aliphatic carbocycles. The van der Waals surface area contributed by atoms with Crippen LogP contribution in [0.5, 0.6) is 0 Å². The third-order valence-electron chi connectivity index (χ3n) is 3.16. The molecule has 0 saturated carbocycles. The minimum Gasteiger partial charge on any atom is -0.480 e. The first-order chi connectivity index (χ1) is 8.06. The Kier molecular flexibility index (Phi) is 5.41. The van der Waals surface area contributed by atoms with Crippen molar-refractivity contribution in [1.82, 2.24) is 9.80 Å². The highest BCUT2D eigenvalue weighted by Crippen LogP contribution is 2.17. The number of hydrogen-bond acceptors (Lipinski definition) is 3. The molecule has 5 heteroatoms. The van der Waals surface area contributed by atoms with Gasteiger partial charge in [-0.3, -0.25) is 9.69 Å². The van der Waals surface area contributed by atoms with E-state index in [9.17, 15) is 9.59 Å². The van der Waals surface area contributed by atoms with Crippen molar-refractivity contribution in [1.29, 1.82) is 0 Å². The van der Waals surface area contributed by atoms with Gasteiger partial charge in [-0.05, 0) is 32.9 Å². The van der Waals surface area contributed by atoms with Crippen LogP contribution in [0.25, 0.3) is 0 Å². The van der Waals surface area contributed by atoms with Gasteiger partial charge in [0.05, 0.1) is 6.54 Å². The van der Waals surface area contributed by atoms with E-state index in [0.717, 1.165) is 25.8 Å². The predicted octanol–water partition coefficient (Wildman–Crippen LogP) is 0.794. The first kappa shape index (κ1) is 14.0. The molecule has 1 unspecified atom stereocenters. The van der Waals surface area contributed by atoms with Gasteiger partial charge in [0.25, 0.3) is 0 Å². The summed E-state index contributed by atoms with van der Waals surface area (Å²) in [6, 6.07) is -0.609. The van der Waals surface area contributed by atoms with Gasteiger partial charge in [0.2, 0.25) is 5.91 Å². The molecular formula is C12H22N2O3. The number of likely N-dealkylation sites (N-methyl/N-ethyl adjacent to an activating group) is 1. The molecule has 0 spiro atoms. The molecule has 1 aliphatic heterocycles. The van der Waals surface area contributed by atoms with Crippen LogP contribution in [-0.2, 0) is 9.59 Å². The van der Waals surface area contributed by atoms with Crippen molar-refractivity contribution in [2.45, 2.75) is 38.6 Å². The summed E-state index contributed by atoms with van der Waals surface area (Å²) in [5, 5.41) is 9.00. The lowest BCUT2D eigenvalue weighted by atomic mass is 10.2. The topological polar surface area (TPSA) is 60.9 Å². The predicted molar refractivity (Wildman–Crippen MR) is 64.8 cm³/mol. The number of nitrogens with zero attached hydrogens (tertiary/aromatic N) is 2. The van der Waals surface area contributed by atoms with Crippen molar-refractivity contribution in [3.8, 4) is 0 Å². The molecule has 5 nitrogen and oxygen atoms in total. The molecule has 0 aromatic carbocycles. The molecule has 0 aromatic rings. The molecule has 1 fully saturated rings. The molecule has 0 aromatic heterocycles. The van der Waals surface area contributed by atoms with E-state index in [0.29, 0.717) is 19.5 Å². The van der Waals surface area contributed by atoms with Crippen molar-refractivity contribution in [3.05, 3.63) is 0 Å². The van der Waals surface area contributed by atoms with E-state index in [-0.39, 0.29) is 5.91 Å². The largest absolute Gasteiger partial charge is 0.480 e. The number of aliphatic carboxylic acids is 1. The van der Waals surface area contributed by atoms with Crippen molar-refractivity contribution in [2.75, 3.05) is 26.7 Å². The summed E-state index contributed by atoms with van der Waals surface area (Å²) >= 11 is 0. The SMILES string of the molecule is CCCCN(C)CC(=O)N1CCCC1C(=O)O. The molecule has 1 heterocycles. The minimum absolute atomic E-state index is 0.0616. The second-order valence-electron chi connectivity index (χ2n) is 4.67. The second-order valence-corrected chi connectivity index (χ2v) is 4.67. The Morgan fingerprint density at radius 2 is 2.18 bits per heavy atom. The fourth-order valence-corrected chi connectivity index (χ4v) is 2.15. The number of carboxylic acid groups (broad SMARTS) is 1. The molecule has 1 aliphatic rings. The lowest BCUT2D eigenvalue weighted by Crippen LogP contribution is -2.45. The van der Waals surface area contributed by atoms with Gasteiger partial charge in [0.1, 0.15) is 6.04 Å². The Balaban J connectivity index is 2.43. The fraction of sp³-hybridized carbons (Fsp3) is 0.833. The van der Waals surface area contributed by atoms with Gasteiger partial charge in [-0.25, -0.2) is 4.79 Å². The number of carbonyl (C=O) groups excluding carboxylic acids is 1. The number of hydrogen-bond donors (Lipinski definition) is 1. The van der Waals surface area contributed by atoms with Crippen molar-refractivity contribution in [2.24, 2.45) is 0 Å². The smallest absolute Gasteiger partial charge is 0.326 e. The van der Waals surface area contributed by atoms with Gasteiger partial charge in [0, 0.05) is 6.54 Å². The maximum atomic E-state index is 12.0. The van der Waals surface area contributed by atoms with E-state index in [1.165, 1.54) is 4.90 Å². The zero-order valence-corrected chi connectivity index (χ0v) is 10.7. The zero-order valence-electron chi connectivity index (χ0n) is 10.7. The van der Waals surface area contributed by atoms with Crippen LogP contribution in [0.1, 0.15) is 32.6 Å². The average molecular weight is 242 g/mol. The Morgan fingerprint density at radius 3 is 2.76 bits per heavy atom. The Bertz CT molecular complexity index is 281. The number of amides is 1. The molecule has 1 saturated heterocycles. The normalized spacial score (nSPS) is 19.9. The van der Waals surface area contributed by atoms with E-state index < -0.39 is 12.0 Å². The highest BCUT2D eigenvalue weighted by atomic mass is 16.4. The van der Waals surface area contributed by atoms with Crippen molar-refractivity contribution >= 4 is 11.9 Å². The van der Waals surface area contributed by atoms with E-state index in [1.54, 1.807) is 0 Å². The zero-order chi connectivity index (χ0) is 12.8. The van der Waals surface area contributed by atoms with E-state index in [2.05, 4.69) is 6.92 Å². The molecule has 1 amide bonds. The molecule has 0 radical (unpaired) electrons. The summed E-state index contributed by atoms with van der Waals surface area (Å²) in [6.07, 6.45) is 3.53. The summed E-state index contributed by atoms with van der Waals surface area (Å²) in [5.74, 6) is -0.944. The Labute approximate surface area is 102 Å². The third-order valence-corrected chi connectivity index (χ3v) is 3.16. The van der Waals surface area contributed by atoms with Gasteiger partial charge < -0.3 is 10.0 Å². The van der Waals surface area contributed by atoms with Crippen LogP contribution >= 0.6 is 0 Å². The van der Waals surface area contributed by atoms with Gasteiger partial charge in [0.15, 0.2) is 0 Å². The van der Waals surface area contributed by atoms with Crippen LogP contribution in [0.4, 0.5) is 0 Å². The lowest BCUT2D eigenvalue weighted by Gasteiger charge is -2.24. The number of unbranched alkanes of at least 4 members (excludes halogenated alkanes) is 1. The summed E-state index contributed by atoms with van der Waals surface area (Å²) in [5.41, 5.74) is 0. The summed E-state index contributed by atoms with van der Waals surface area (Å²) in [7, 11) is 1.90. The van der Waals surface area contributed by atoms with Crippen LogP contribution in [0, 0.1) is 0 Å². The third kappa shape index (κ3) is 4.00. The van der Waals surface area contributed by atoms with E-state index >= 15 is 0 Å². The van der Waals surface area contributed by atoms with E-state index in [1.807, 2.05) is 11.9 Å². The molecule has 0 bridgehead atoms. The maximum absolute atomic E-state index is 12.0. The van der Waals surface area contributed by atoms with Gasteiger partial charge in [-0.2, -0.15) is 0 Å².